The van der Waals surface area contributed by atoms with Crippen molar-refractivity contribution in [1.82, 2.24) is 0 Å². The van der Waals surface area contributed by atoms with E-state index in [9.17, 15) is 13.2 Å². The van der Waals surface area contributed by atoms with Gasteiger partial charge in [-0.15, -0.1) is 0 Å². The van der Waals surface area contributed by atoms with Gasteiger partial charge in [-0.3, -0.25) is 4.79 Å². The minimum atomic E-state index is -3.31. The van der Waals surface area contributed by atoms with Gasteiger partial charge in [0.1, 0.15) is 5.78 Å². The number of benzene rings is 1. The molecule has 0 heterocycles. The van der Waals surface area contributed by atoms with E-state index >= 15 is 0 Å². The lowest BCUT2D eigenvalue weighted by Crippen LogP contribution is -2.11. The molecule has 0 aliphatic carbocycles. The standard InChI is InChI=1S/C14H20O3S/c1-2-3-5-8-13(15)11-12-18(16,17)14-9-6-4-7-10-14/h4,6-7,9-10H,2-3,5,8,11-12H2,1H3. The van der Waals surface area contributed by atoms with E-state index < -0.39 is 9.84 Å². The predicted molar refractivity (Wildman–Crippen MR) is 72.3 cm³/mol. The molecule has 0 saturated heterocycles. The molecule has 3 nitrogen and oxygen atoms in total. The average Bonchev–Trinajstić information content (AvgIpc) is 2.38. The SMILES string of the molecule is CCCCCC(=O)CCS(=O)(=O)c1ccccc1. The van der Waals surface area contributed by atoms with E-state index in [0.717, 1.165) is 19.3 Å². The lowest BCUT2D eigenvalue weighted by atomic mass is 10.1. The first-order chi connectivity index (χ1) is 8.56. The Morgan fingerprint density at radius 3 is 2.33 bits per heavy atom. The van der Waals surface area contributed by atoms with E-state index in [2.05, 4.69) is 6.92 Å². The first kappa shape index (κ1) is 14.9. The van der Waals surface area contributed by atoms with Crippen LogP contribution in [0.2, 0.25) is 0 Å². The molecule has 0 aromatic heterocycles. The minimum Gasteiger partial charge on any atom is -0.300 e. The Bertz CT molecular complexity index is 463. The van der Waals surface area contributed by atoms with Crippen molar-refractivity contribution in [3.8, 4) is 0 Å². The third-order valence-corrected chi connectivity index (χ3v) is 4.54. The van der Waals surface area contributed by atoms with E-state index in [1.54, 1.807) is 30.3 Å². The Morgan fingerprint density at radius 2 is 1.72 bits per heavy atom. The smallest absolute Gasteiger partial charge is 0.178 e. The number of sulfone groups is 1. The zero-order chi connectivity index (χ0) is 13.4. The van der Waals surface area contributed by atoms with Gasteiger partial charge in [0.25, 0.3) is 0 Å². The highest BCUT2D eigenvalue weighted by Crippen LogP contribution is 2.12. The number of hydrogen-bond acceptors (Lipinski definition) is 3. The zero-order valence-corrected chi connectivity index (χ0v) is 11.6. The first-order valence-electron chi connectivity index (χ1n) is 6.36. The highest BCUT2D eigenvalue weighted by molar-refractivity contribution is 7.91. The zero-order valence-electron chi connectivity index (χ0n) is 10.8. The molecule has 0 saturated carbocycles. The number of hydrogen-bond donors (Lipinski definition) is 0. The summed E-state index contributed by atoms with van der Waals surface area (Å²) < 4.78 is 23.8. The maximum absolute atomic E-state index is 11.9. The maximum atomic E-state index is 11.9. The van der Waals surface area contributed by atoms with Gasteiger partial charge in [-0.05, 0) is 18.6 Å². The van der Waals surface area contributed by atoms with E-state index in [1.165, 1.54) is 0 Å². The summed E-state index contributed by atoms with van der Waals surface area (Å²) in [6, 6.07) is 8.29. The molecule has 100 valence electrons. The van der Waals surface area contributed by atoms with Crippen molar-refractivity contribution in [2.45, 2.75) is 43.9 Å². The van der Waals surface area contributed by atoms with Crippen molar-refractivity contribution in [2.24, 2.45) is 0 Å². The molecule has 1 aromatic carbocycles. The van der Waals surface area contributed by atoms with E-state index in [-0.39, 0.29) is 18.0 Å². The number of rotatable bonds is 8. The molecular formula is C14H20O3S. The minimum absolute atomic E-state index is 0.0444. The summed E-state index contributed by atoms with van der Waals surface area (Å²) in [5.41, 5.74) is 0. The number of Topliss-reactive ketones (excluding diaryl/α,β-unsaturated/α-hetero) is 1. The molecule has 0 fully saturated rings. The van der Waals surface area contributed by atoms with Gasteiger partial charge < -0.3 is 0 Å². The molecule has 0 amide bonds. The van der Waals surface area contributed by atoms with Gasteiger partial charge in [0, 0.05) is 12.8 Å². The lowest BCUT2D eigenvalue weighted by Gasteiger charge is -2.03. The molecule has 0 bridgehead atoms. The normalized spacial score (nSPS) is 11.4. The van der Waals surface area contributed by atoms with Crippen LogP contribution < -0.4 is 0 Å². The van der Waals surface area contributed by atoms with Crippen LogP contribution in [0.25, 0.3) is 0 Å². The van der Waals surface area contributed by atoms with Gasteiger partial charge in [-0.25, -0.2) is 8.42 Å². The van der Waals surface area contributed by atoms with E-state index in [1.807, 2.05) is 0 Å². The summed E-state index contributed by atoms with van der Waals surface area (Å²) in [6.07, 6.45) is 3.58. The van der Waals surface area contributed by atoms with Crippen LogP contribution in [0.15, 0.2) is 35.2 Å². The fraction of sp³-hybridized carbons (Fsp3) is 0.500. The Morgan fingerprint density at radius 1 is 1.06 bits per heavy atom. The van der Waals surface area contributed by atoms with Gasteiger partial charge >= 0.3 is 0 Å². The molecule has 4 heteroatoms. The molecular weight excluding hydrogens is 248 g/mol. The molecule has 0 spiro atoms. The first-order valence-corrected chi connectivity index (χ1v) is 8.01. The van der Waals surface area contributed by atoms with E-state index in [0.29, 0.717) is 11.3 Å². The highest BCUT2D eigenvalue weighted by atomic mass is 32.2. The number of unbranched alkanes of at least 4 members (excludes halogenated alkanes) is 2. The molecule has 0 N–H and O–H groups in total. The highest BCUT2D eigenvalue weighted by Gasteiger charge is 2.15. The summed E-state index contributed by atoms with van der Waals surface area (Å²) in [7, 11) is -3.31. The second-order valence-electron chi connectivity index (χ2n) is 4.38. The van der Waals surface area contributed by atoms with Crippen molar-refractivity contribution in [3.05, 3.63) is 30.3 Å². The topological polar surface area (TPSA) is 51.2 Å². The van der Waals surface area contributed by atoms with Crippen LogP contribution in [0, 0.1) is 0 Å². The maximum Gasteiger partial charge on any atom is 0.178 e. The van der Waals surface area contributed by atoms with Crippen LogP contribution in [-0.2, 0) is 14.6 Å². The second-order valence-corrected chi connectivity index (χ2v) is 6.49. The summed E-state index contributed by atoms with van der Waals surface area (Å²) in [6.45, 7) is 2.07. The predicted octanol–water partition coefficient (Wildman–Crippen LogP) is 3.00. The molecule has 18 heavy (non-hydrogen) atoms. The molecule has 1 aromatic rings. The van der Waals surface area contributed by atoms with Gasteiger partial charge in [0.2, 0.25) is 0 Å². The largest absolute Gasteiger partial charge is 0.300 e. The number of carbonyl (C=O) groups is 1. The van der Waals surface area contributed by atoms with Crippen molar-refractivity contribution in [1.29, 1.82) is 0 Å². The fourth-order valence-corrected chi connectivity index (χ4v) is 2.99. The Kier molecular flexibility index (Phi) is 6.05. The van der Waals surface area contributed by atoms with E-state index in [4.69, 9.17) is 0 Å². The fourth-order valence-electron chi connectivity index (χ4n) is 1.69. The van der Waals surface area contributed by atoms with Crippen LogP contribution in [0.1, 0.15) is 39.0 Å². The van der Waals surface area contributed by atoms with Crippen molar-refractivity contribution < 1.29 is 13.2 Å². The van der Waals surface area contributed by atoms with Crippen LogP contribution in [0.4, 0.5) is 0 Å². The lowest BCUT2D eigenvalue weighted by molar-refractivity contribution is -0.118. The summed E-state index contributed by atoms with van der Waals surface area (Å²) in [5, 5.41) is 0. The van der Waals surface area contributed by atoms with Crippen molar-refractivity contribution >= 4 is 15.6 Å². The Hall–Kier alpha value is -1.16. The summed E-state index contributed by atoms with van der Waals surface area (Å²) in [5.74, 6) is -0.0370. The van der Waals surface area contributed by atoms with Crippen molar-refractivity contribution in [3.63, 3.8) is 0 Å². The number of carbonyl (C=O) groups excluding carboxylic acids is 1. The van der Waals surface area contributed by atoms with Gasteiger partial charge in [0.15, 0.2) is 9.84 Å². The van der Waals surface area contributed by atoms with Crippen LogP contribution in [0.3, 0.4) is 0 Å². The molecule has 0 radical (unpaired) electrons. The van der Waals surface area contributed by atoms with Crippen LogP contribution >= 0.6 is 0 Å². The molecule has 0 atom stereocenters. The van der Waals surface area contributed by atoms with Gasteiger partial charge in [-0.2, -0.15) is 0 Å². The number of ketones is 1. The van der Waals surface area contributed by atoms with Gasteiger partial charge in [-0.1, -0.05) is 38.0 Å². The van der Waals surface area contributed by atoms with Crippen molar-refractivity contribution in [2.75, 3.05) is 5.75 Å². The summed E-state index contributed by atoms with van der Waals surface area (Å²) >= 11 is 0. The second kappa shape index (κ2) is 7.31. The van der Waals surface area contributed by atoms with Gasteiger partial charge in [0.05, 0.1) is 10.6 Å². The average molecular weight is 268 g/mol. The van der Waals surface area contributed by atoms with Crippen LogP contribution in [-0.4, -0.2) is 20.0 Å². The Labute approximate surface area is 109 Å². The molecule has 0 aliphatic rings. The Balaban J connectivity index is 2.46. The molecule has 1 rings (SSSR count). The third-order valence-electron chi connectivity index (χ3n) is 2.81. The monoisotopic (exact) mass is 268 g/mol. The molecule has 0 unspecified atom stereocenters. The third kappa shape index (κ3) is 5.00. The molecule has 0 aliphatic heterocycles. The van der Waals surface area contributed by atoms with Crippen LogP contribution in [0.5, 0.6) is 0 Å². The quantitative estimate of drug-likeness (QED) is 0.681. The summed E-state index contributed by atoms with van der Waals surface area (Å²) in [4.78, 5) is 11.8.